The highest BCUT2D eigenvalue weighted by Crippen LogP contribution is 2.22. The quantitative estimate of drug-likeness (QED) is 0.355. The maximum absolute atomic E-state index is 2.61. The Hall–Kier alpha value is -0.660. The first-order chi connectivity index (χ1) is 10.8. The van der Waals surface area contributed by atoms with E-state index in [9.17, 15) is 0 Å². The second-order valence-corrected chi connectivity index (χ2v) is 6.87. The van der Waals surface area contributed by atoms with Gasteiger partial charge in [-0.1, -0.05) is 72.1 Å². The molecule has 1 aliphatic rings. The third-order valence-corrected chi connectivity index (χ3v) is 4.82. The molecule has 0 amide bonds. The summed E-state index contributed by atoms with van der Waals surface area (Å²) in [7, 11) is 0. The van der Waals surface area contributed by atoms with Crippen LogP contribution in [-0.2, 0) is 0 Å². The topological polar surface area (TPSA) is 6.48 Å². The molecule has 0 radical (unpaired) electrons. The molecule has 0 saturated carbocycles. The summed E-state index contributed by atoms with van der Waals surface area (Å²) in [4.78, 5) is 5.22. The molecule has 1 aliphatic heterocycles. The molecule has 0 spiro atoms. The van der Waals surface area contributed by atoms with Crippen LogP contribution >= 0.6 is 0 Å². The van der Waals surface area contributed by atoms with Gasteiger partial charge in [0.2, 0.25) is 0 Å². The Bertz CT molecular complexity index is 275. The predicted octanol–water partition coefficient (Wildman–Crippen LogP) is 6.14. The highest BCUT2D eigenvalue weighted by Gasteiger charge is 2.24. The lowest BCUT2D eigenvalue weighted by atomic mass is 10.1. The summed E-state index contributed by atoms with van der Waals surface area (Å²) in [6, 6.07) is 0. The van der Waals surface area contributed by atoms with Crippen molar-refractivity contribution in [3.8, 4) is 0 Å². The molecule has 0 aliphatic carbocycles. The fourth-order valence-corrected chi connectivity index (χ4v) is 3.35. The number of hydrogen-bond acceptors (Lipinski definition) is 2. The molecule has 2 heteroatoms. The lowest BCUT2D eigenvalue weighted by molar-refractivity contribution is 0.136. The van der Waals surface area contributed by atoms with E-state index < -0.39 is 0 Å². The first-order valence-corrected chi connectivity index (χ1v) is 10.0. The minimum atomic E-state index is 0.646. The standard InChI is InChI=1S/C20H40N2/c1-4-7-10-12-14-17-22-19-18-21(16-13-11-8-5-2)20(22)15-9-6-3/h18-20H,4-17H2,1-3H3. The lowest BCUT2D eigenvalue weighted by Crippen LogP contribution is -2.39. The molecular formula is C20H40N2. The Morgan fingerprint density at radius 3 is 1.55 bits per heavy atom. The molecule has 1 heterocycles. The van der Waals surface area contributed by atoms with Crippen LogP contribution in [0.1, 0.15) is 97.8 Å². The molecule has 0 saturated heterocycles. The van der Waals surface area contributed by atoms with Crippen molar-refractivity contribution in [2.45, 2.75) is 104 Å². The zero-order chi connectivity index (χ0) is 16.0. The van der Waals surface area contributed by atoms with Gasteiger partial charge in [0.25, 0.3) is 0 Å². The molecule has 0 aromatic carbocycles. The maximum atomic E-state index is 2.61. The molecule has 1 rings (SSSR count). The van der Waals surface area contributed by atoms with Crippen LogP contribution in [0.5, 0.6) is 0 Å². The number of hydrogen-bond donors (Lipinski definition) is 0. The highest BCUT2D eigenvalue weighted by molar-refractivity contribution is 4.96. The van der Waals surface area contributed by atoms with Gasteiger partial charge in [-0.3, -0.25) is 0 Å². The third kappa shape index (κ3) is 7.56. The van der Waals surface area contributed by atoms with Crippen LogP contribution in [0.4, 0.5) is 0 Å². The molecule has 0 aromatic heterocycles. The van der Waals surface area contributed by atoms with E-state index in [1.54, 1.807) is 0 Å². The molecule has 0 bridgehead atoms. The van der Waals surface area contributed by atoms with Crippen LogP contribution in [0.2, 0.25) is 0 Å². The largest absolute Gasteiger partial charge is 0.356 e. The van der Waals surface area contributed by atoms with E-state index in [4.69, 9.17) is 0 Å². The molecule has 2 nitrogen and oxygen atoms in total. The average molecular weight is 309 g/mol. The van der Waals surface area contributed by atoms with Gasteiger partial charge in [-0.15, -0.1) is 0 Å². The first kappa shape index (κ1) is 19.4. The Morgan fingerprint density at radius 1 is 0.591 bits per heavy atom. The van der Waals surface area contributed by atoms with Crippen LogP contribution in [0.25, 0.3) is 0 Å². The van der Waals surface area contributed by atoms with Gasteiger partial charge in [-0.25, -0.2) is 0 Å². The second kappa shape index (κ2) is 12.8. The van der Waals surface area contributed by atoms with Gasteiger partial charge in [0.15, 0.2) is 0 Å². The summed E-state index contributed by atoms with van der Waals surface area (Å²) in [6.07, 6.45) is 21.7. The Kier molecular flexibility index (Phi) is 11.3. The van der Waals surface area contributed by atoms with Gasteiger partial charge in [-0.2, -0.15) is 0 Å². The molecule has 22 heavy (non-hydrogen) atoms. The van der Waals surface area contributed by atoms with E-state index in [-0.39, 0.29) is 0 Å². The maximum Gasteiger partial charge on any atom is 0.101 e. The van der Waals surface area contributed by atoms with Gasteiger partial charge >= 0.3 is 0 Å². The normalized spacial score (nSPS) is 17.7. The van der Waals surface area contributed by atoms with Crippen molar-refractivity contribution in [2.75, 3.05) is 13.1 Å². The van der Waals surface area contributed by atoms with Crippen molar-refractivity contribution >= 4 is 0 Å². The Balaban J connectivity index is 2.31. The zero-order valence-electron chi connectivity index (χ0n) is 15.5. The molecule has 0 N–H and O–H groups in total. The van der Waals surface area contributed by atoms with Gasteiger partial charge in [-0.05, 0) is 25.7 Å². The van der Waals surface area contributed by atoms with E-state index in [1.165, 1.54) is 90.1 Å². The summed E-state index contributed by atoms with van der Waals surface area (Å²) in [5.74, 6) is 0. The SMILES string of the molecule is CCCCCCCN1C=CN(CCCCCC)C1CCCC. The highest BCUT2D eigenvalue weighted by atomic mass is 15.4. The van der Waals surface area contributed by atoms with Crippen LogP contribution in [0.15, 0.2) is 12.4 Å². The number of rotatable bonds is 14. The van der Waals surface area contributed by atoms with Crippen molar-refractivity contribution in [1.29, 1.82) is 0 Å². The fourth-order valence-electron chi connectivity index (χ4n) is 3.35. The molecular weight excluding hydrogens is 268 g/mol. The Morgan fingerprint density at radius 2 is 1.05 bits per heavy atom. The van der Waals surface area contributed by atoms with Crippen LogP contribution in [0.3, 0.4) is 0 Å². The van der Waals surface area contributed by atoms with Gasteiger partial charge in [0, 0.05) is 25.5 Å². The second-order valence-electron chi connectivity index (χ2n) is 6.87. The van der Waals surface area contributed by atoms with Crippen molar-refractivity contribution < 1.29 is 0 Å². The Labute approximate surface area is 139 Å². The summed E-state index contributed by atoms with van der Waals surface area (Å²) >= 11 is 0. The predicted molar refractivity (Wildman–Crippen MR) is 98.8 cm³/mol. The number of unbranched alkanes of at least 4 members (excludes halogenated alkanes) is 8. The number of nitrogens with zero attached hydrogens (tertiary/aromatic N) is 2. The van der Waals surface area contributed by atoms with E-state index in [0.29, 0.717) is 6.17 Å². The minimum Gasteiger partial charge on any atom is -0.356 e. The molecule has 0 aromatic rings. The molecule has 1 atom stereocenters. The van der Waals surface area contributed by atoms with Crippen molar-refractivity contribution in [2.24, 2.45) is 0 Å². The van der Waals surface area contributed by atoms with Gasteiger partial charge < -0.3 is 9.80 Å². The smallest absolute Gasteiger partial charge is 0.101 e. The zero-order valence-corrected chi connectivity index (χ0v) is 15.5. The molecule has 0 fully saturated rings. The third-order valence-electron chi connectivity index (χ3n) is 4.82. The van der Waals surface area contributed by atoms with Gasteiger partial charge in [0.1, 0.15) is 6.17 Å². The summed E-state index contributed by atoms with van der Waals surface area (Å²) < 4.78 is 0. The minimum absolute atomic E-state index is 0.646. The van der Waals surface area contributed by atoms with Crippen molar-refractivity contribution in [1.82, 2.24) is 9.80 Å². The van der Waals surface area contributed by atoms with E-state index in [0.717, 1.165) is 0 Å². The fraction of sp³-hybridized carbons (Fsp3) is 0.900. The van der Waals surface area contributed by atoms with E-state index in [1.807, 2.05) is 0 Å². The first-order valence-electron chi connectivity index (χ1n) is 10.0. The monoisotopic (exact) mass is 308 g/mol. The summed E-state index contributed by atoms with van der Waals surface area (Å²) in [6.45, 7) is 9.39. The van der Waals surface area contributed by atoms with Crippen molar-refractivity contribution in [3.05, 3.63) is 12.4 Å². The van der Waals surface area contributed by atoms with Crippen LogP contribution in [-0.4, -0.2) is 29.1 Å². The lowest BCUT2D eigenvalue weighted by Gasteiger charge is -2.33. The molecule has 1 unspecified atom stereocenters. The average Bonchev–Trinajstić information content (AvgIpc) is 2.91. The van der Waals surface area contributed by atoms with Crippen LogP contribution in [0, 0.1) is 0 Å². The molecule has 130 valence electrons. The van der Waals surface area contributed by atoms with Gasteiger partial charge in [0.05, 0.1) is 0 Å². The summed E-state index contributed by atoms with van der Waals surface area (Å²) in [5, 5.41) is 0. The van der Waals surface area contributed by atoms with Crippen molar-refractivity contribution in [3.63, 3.8) is 0 Å². The van der Waals surface area contributed by atoms with E-state index in [2.05, 4.69) is 43.0 Å². The van der Waals surface area contributed by atoms with E-state index >= 15 is 0 Å². The van der Waals surface area contributed by atoms with Crippen LogP contribution < -0.4 is 0 Å². The summed E-state index contributed by atoms with van der Waals surface area (Å²) in [5.41, 5.74) is 0.